The maximum atomic E-state index is 8.42. The molecule has 0 aromatic heterocycles. The Morgan fingerprint density at radius 2 is 2.50 bits per heavy atom. The molecule has 0 aromatic carbocycles. The maximum Gasteiger partial charge on any atom is 0.0662 e. The maximum absolute atomic E-state index is 8.42. The first kappa shape index (κ1) is 7.30. The van der Waals surface area contributed by atoms with Gasteiger partial charge >= 0.3 is 0 Å². The number of hydrogen-bond donors (Lipinski definition) is 0. The van der Waals surface area contributed by atoms with Gasteiger partial charge in [0.05, 0.1) is 18.6 Å². The van der Waals surface area contributed by atoms with Crippen molar-refractivity contribution < 1.29 is 4.74 Å². The Morgan fingerprint density at radius 1 is 1.80 bits per heavy atom. The average molecular weight is 137 g/mol. The molecule has 1 aliphatic rings. The summed E-state index contributed by atoms with van der Waals surface area (Å²) in [6.07, 6.45) is 3.98. The van der Waals surface area contributed by atoms with E-state index in [1.807, 2.05) is 0 Å². The van der Waals surface area contributed by atoms with Crippen molar-refractivity contribution in [2.24, 2.45) is 5.92 Å². The molecule has 2 heteroatoms. The molecule has 0 bridgehead atoms. The summed E-state index contributed by atoms with van der Waals surface area (Å²) in [5.74, 6) is 0.281. The summed E-state index contributed by atoms with van der Waals surface area (Å²) in [5, 5.41) is 8.42. The van der Waals surface area contributed by atoms with E-state index < -0.39 is 0 Å². The van der Waals surface area contributed by atoms with Crippen LogP contribution in [0.2, 0.25) is 0 Å². The zero-order valence-electron chi connectivity index (χ0n) is 6.13. The summed E-state index contributed by atoms with van der Waals surface area (Å²) in [6, 6.07) is 2.23. The summed E-state index contributed by atoms with van der Waals surface area (Å²) < 4.78 is 4.86. The number of nitrogens with zero attached hydrogens (tertiary/aromatic N) is 1. The fraction of sp³-hybridized carbons (Fsp3) is 0.625. The number of rotatable bonds is 2. The van der Waals surface area contributed by atoms with E-state index in [0.29, 0.717) is 6.61 Å². The van der Waals surface area contributed by atoms with Gasteiger partial charge in [0.15, 0.2) is 0 Å². The minimum absolute atomic E-state index is 0.281. The molecule has 1 rings (SSSR count). The molecular weight excluding hydrogens is 126 g/mol. The van der Waals surface area contributed by atoms with Gasteiger partial charge in [-0.15, -0.1) is 0 Å². The first-order valence-electron chi connectivity index (χ1n) is 3.43. The highest BCUT2D eigenvalue weighted by Crippen LogP contribution is 2.31. The fourth-order valence-electron chi connectivity index (χ4n) is 1.03. The number of hydrogen-bond acceptors (Lipinski definition) is 2. The van der Waals surface area contributed by atoms with Crippen molar-refractivity contribution in [1.82, 2.24) is 0 Å². The van der Waals surface area contributed by atoms with Crippen LogP contribution < -0.4 is 0 Å². The third-order valence-electron chi connectivity index (χ3n) is 1.74. The largest absolute Gasteiger partial charge is 0.381 e. The van der Waals surface area contributed by atoms with Gasteiger partial charge in [0.25, 0.3) is 0 Å². The van der Waals surface area contributed by atoms with Gasteiger partial charge in [0.2, 0.25) is 0 Å². The minimum Gasteiger partial charge on any atom is -0.381 e. The summed E-state index contributed by atoms with van der Waals surface area (Å²) in [6.45, 7) is 0.688. The fourth-order valence-corrected chi connectivity index (χ4v) is 1.03. The Morgan fingerprint density at radius 3 is 3.00 bits per heavy atom. The highest BCUT2D eigenvalue weighted by atomic mass is 16.5. The molecule has 0 radical (unpaired) electrons. The average Bonchev–Trinajstić information content (AvgIpc) is 1.86. The Kier molecular flexibility index (Phi) is 2.47. The van der Waals surface area contributed by atoms with Crippen LogP contribution in [0.4, 0.5) is 0 Å². The van der Waals surface area contributed by atoms with Gasteiger partial charge in [0, 0.05) is 7.11 Å². The van der Waals surface area contributed by atoms with E-state index in [0.717, 1.165) is 12.8 Å². The summed E-state index contributed by atoms with van der Waals surface area (Å²) >= 11 is 0. The molecule has 0 heterocycles. The van der Waals surface area contributed by atoms with Crippen LogP contribution in [-0.2, 0) is 4.74 Å². The zero-order valence-corrected chi connectivity index (χ0v) is 6.13. The molecular formula is C8H11NO. The number of ether oxygens (including phenoxy) is 1. The minimum atomic E-state index is 0.281. The molecule has 0 atom stereocenters. The predicted molar refractivity (Wildman–Crippen MR) is 38.3 cm³/mol. The molecule has 0 amide bonds. The van der Waals surface area contributed by atoms with Crippen LogP contribution >= 0.6 is 0 Å². The highest BCUT2D eigenvalue weighted by molar-refractivity contribution is 5.18. The van der Waals surface area contributed by atoms with Crippen LogP contribution in [-0.4, -0.2) is 13.7 Å². The molecule has 1 aliphatic carbocycles. The molecule has 0 spiro atoms. The molecule has 0 aliphatic heterocycles. The molecule has 1 fully saturated rings. The summed E-state index contributed by atoms with van der Waals surface area (Å²) in [7, 11) is 1.68. The lowest BCUT2D eigenvalue weighted by atomic mass is 9.81. The van der Waals surface area contributed by atoms with Gasteiger partial charge in [-0.2, -0.15) is 5.26 Å². The quantitative estimate of drug-likeness (QED) is 0.540. The van der Waals surface area contributed by atoms with Crippen LogP contribution in [0, 0.1) is 17.2 Å². The molecule has 0 saturated heterocycles. The third-order valence-corrected chi connectivity index (χ3v) is 1.74. The lowest BCUT2D eigenvalue weighted by Crippen LogP contribution is -2.12. The summed E-state index contributed by atoms with van der Waals surface area (Å²) in [5.41, 5.74) is 1.37. The Bertz CT molecular complexity index is 170. The van der Waals surface area contributed by atoms with E-state index in [9.17, 15) is 0 Å². The van der Waals surface area contributed by atoms with Crippen LogP contribution in [0.3, 0.4) is 0 Å². The van der Waals surface area contributed by atoms with Crippen molar-refractivity contribution in [1.29, 1.82) is 5.26 Å². The highest BCUT2D eigenvalue weighted by Gasteiger charge is 2.21. The Balaban J connectivity index is 2.20. The first-order chi connectivity index (χ1) is 4.86. The normalized spacial score (nSPS) is 23.2. The van der Waals surface area contributed by atoms with Crippen molar-refractivity contribution in [2.45, 2.75) is 12.8 Å². The first-order valence-corrected chi connectivity index (χ1v) is 3.43. The van der Waals surface area contributed by atoms with Gasteiger partial charge in [-0.3, -0.25) is 0 Å². The van der Waals surface area contributed by atoms with Crippen LogP contribution in [0.15, 0.2) is 11.6 Å². The van der Waals surface area contributed by atoms with Crippen molar-refractivity contribution in [2.75, 3.05) is 13.7 Å². The molecule has 54 valence electrons. The van der Waals surface area contributed by atoms with Gasteiger partial charge < -0.3 is 4.74 Å². The number of nitriles is 1. The summed E-state index contributed by atoms with van der Waals surface area (Å²) in [4.78, 5) is 0. The second kappa shape index (κ2) is 3.38. The monoisotopic (exact) mass is 137 g/mol. The Labute approximate surface area is 61.1 Å². The van der Waals surface area contributed by atoms with E-state index in [4.69, 9.17) is 10.00 Å². The second-order valence-corrected chi connectivity index (χ2v) is 2.55. The molecule has 1 saturated carbocycles. The Hall–Kier alpha value is -0.810. The third kappa shape index (κ3) is 1.58. The standard InChI is InChI=1S/C8H11NO/c1-10-3-2-7-4-8(5-7)6-9/h2,8H,3-5H2,1H3. The van der Waals surface area contributed by atoms with Crippen LogP contribution in [0.5, 0.6) is 0 Å². The molecule has 2 nitrogen and oxygen atoms in total. The van der Waals surface area contributed by atoms with E-state index in [-0.39, 0.29) is 5.92 Å². The van der Waals surface area contributed by atoms with E-state index in [2.05, 4.69) is 12.1 Å². The van der Waals surface area contributed by atoms with Gasteiger partial charge in [-0.1, -0.05) is 11.6 Å². The van der Waals surface area contributed by atoms with Crippen molar-refractivity contribution in [3.05, 3.63) is 11.6 Å². The number of methoxy groups -OCH3 is 1. The van der Waals surface area contributed by atoms with E-state index in [1.54, 1.807) is 7.11 Å². The SMILES string of the molecule is COCC=C1CC(C#N)C1. The van der Waals surface area contributed by atoms with Gasteiger partial charge in [-0.25, -0.2) is 0 Å². The molecule has 0 unspecified atom stereocenters. The molecule has 10 heavy (non-hydrogen) atoms. The van der Waals surface area contributed by atoms with E-state index in [1.165, 1.54) is 5.57 Å². The molecule has 0 N–H and O–H groups in total. The van der Waals surface area contributed by atoms with Gasteiger partial charge in [-0.05, 0) is 12.8 Å². The van der Waals surface area contributed by atoms with Gasteiger partial charge in [0.1, 0.15) is 0 Å². The lowest BCUT2D eigenvalue weighted by molar-refractivity contribution is 0.231. The second-order valence-electron chi connectivity index (χ2n) is 2.55. The van der Waals surface area contributed by atoms with Crippen molar-refractivity contribution in [3.8, 4) is 6.07 Å². The number of allylic oxidation sites excluding steroid dienone is 1. The van der Waals surface area contributed by atoms with Crippen molar-refractivity contribution >= 4 is 0 Å². The topological polar surface area (TPSA) is 33.0 Å². The van der Waals surface area contributed by atoms with Crippen LogP contribution in [0.25, 0.3) is 0 Å². The smallest absolute Gasteiger partial charge is 0.0662 e. The lowest BCUT2D eigenvalue weighted by Gasteiger charge is -2.22. The zero-order chi connectivity index (χ0) is 7.40. The molecule has 0 aromatic rings. The van der Waals surface area contributed by atoms with E-state index >= 15 is 0 Å². The van der Waals surface area contributed by atoms with Crippen molar-refractivity contribution in [3.63, 3.8) is 0 Å². The van der Waals surface area contributed by atoms with Crippen LogP contribution in [0.1, 0.15) is 12.8 Å². The predicted octanol–water partition coefficient (Wildman–Crippen LogP) is 1.49.